The molecule has 1 aliphatic heterocycles. The lowest BCUT2D eigenvalue weighted by Gasteiger charge is -2.28. The molecule has 1 aliphatic rings. The molecular formula is C12H23NO. The number of rotatable bonds is 5. The van der Waals surface area contributed by atoms with Crippen LogP contribution in [0, 0.1) is 5.92 Å². The van der Waals surface area contributed by atoms with Crippen LogP contribution in [0.4, 0.5) is 0 Å². The fourth-order valence-corrected chi connectivity index (χ4v) is 2.38. The van der Waals surface area contributed by atoms with Gasteiger partial charge in [0, 0.05) is 18.6 Å². The number of hydrogen-bond acceptors (Lipinski definition) is 2. The van der Waals surface area contributed by atoms with E-state index in [-0.39, 0.29) is 0 Å². The van der Waals surface area contributed by atoms with E-state index in [1.54, 1.807) is 0 Å². The van der Waals surface area contributed by atoms with Crippen LogP contribution in [0.2, 0.25) is 0 Å². The molecule has 0 aromatic rings. The first kappa shape index (κ1) is 11.7. The Labute approximate surface area is 87.7 Å². The molecule has 1 N–H and O–H groups in total. The summed E-state index contributed by atoms with van der Waals surface area (Å²) in [5, 5.41) is 3.51. The maximum absolute atomic E-state index is 5.71. The van der Waals surface area contributed by atoms with Crippen molar-refractivity contribution in [1.29, 1.82) is 0 Å². The molecule has 1 saturated heterocycles. The van der Waals surface area contributed by atoms with E-state index in [4.69, 9.17) is 4.74 Å². The van der Waals surface area contributed by atoms with Crippen LogP contribution in [-0.2, 0) is 4.74 Å². The molecule has 2 nitrogen and oxygen atoms in total. The van der Waals surface area contributed by atoms with Gasteiger partial charge in [-0.05, 0) is 26.3 Å². The van der Waals surface area contributed by atoms with E-state index in [1.165, 1.54) is 12.0 Å². The van der Waals surface area contributed by atoms with Gasteiger partial charge in [0.05, 0.1) is 6.10 Å². The third-order valence-corrected chi connectivity index (χ3v) is 3.05. The minimum Gasteiger partial charge on any atom is -0.378 e. The molecule has 0 spiro atoms. The number of ether oxygens (including phenoxy) is 1. The predicted molar refractivity (Wildman–Crippen MR) is 60.4 cm³/mol. The summed E-state index contributed by atoms with van der Waals surface area (Å²) in [6.07, 6.45) is 2.71. The monoisotopic (exact) mass is 197 g/mol. The van der Waals surface area contributed by atoms with Gasteiger partial charge in [0.15, 0.2) is 0 Å². The summed E-state index contributed by atoms with van der Waals surface area (Å²) < 4.78 is 5.71. The highest BCUT2D eigenvalue weighted by Crippen LogP contribution is 2.29. The average molecular weight is 197 g/mol. The average Bonchev–Trinajstić information content (AvgIpc) is 2.61. The molecule has 3 unspecified atom stereocenters. The molecule has 14 heavy (non-hydrogen) atoms. The maximum atomic E-state index is 5.71. The zero-order valence-corrected chi connectivity index (χ0v) is 9.68. The maximum Gasteiger partial charge on any atom is 0.0619 e. The topological polar surface area (TPSA) is 21.3 Å². The van der Waals surface area contributed by atoms with Crippen molar-refractivity contribution in [1.82, 2.24) is 5.32 Å². The molecule has 0 saturated carbocycles. The zero-order chi connectivity index (χ0) is 10.6. The minimum atomic E-state index is 0.427. The summed E-state index contributed by atoms with van der Waals surface area (Å²) in [5.41, 5.74) is 1.24. The molecule has 3 atom stereocenters. The van der Waals surface area contributed by atoms with Crippen molar-refractivity contribution in [2.45, 2.75) is 45.8 Å². The molecular weight excluding hydrogens is 174 g/mol. The van der Waals surface area contributed by atoms with Crippen molar-refractivity contribution in [3.63, 3.8) is 0 Å². The van der Waals surface area contributed by atoms with Gasteiger partial charge in [-0.2, -0.15) is 0 Å². The summed E-state index contributed by atoms with van der Waals surface area (Å²) in [6.45, 7) is 12.4. The molecule has 0 aromatic heterocycles. The molecule has 0 radical (unpaired) electrons. The molecule has 0 bridgehead atoms. The van der Waals surface area contributed by atoms with E-state index < -0.39 is 0 Å². The van der Waals surface area contributed by atoms with Crippen molar-refractivity contribution >= 4 is 0 Å². The zero-order valence-electron chi connectivity index (χ0n) is 9.68. The van der Waals surface area contributed by atoms with E-state index in [0.29, 0.717) is 18.1 Å². The molecule has 0 aliphatic carbocycles. The van der Waals surface area contributed by atoms with E-state index in [1.807, 2.05) is 0 Å². The van der Waals surface area contributed by atoms with Crippen molar-refractivity contribution in [3.05, 3.63) is 12.2 Å². The summed E-state index contributed by atoms with van der Waals surface area (Å²) in [5.74, 6) is 0.623. The van der Waals surface area contributed by atoms with Crippen molar-refractivity contribution in [3.8, 4) is 0 Å². The van der Waals surface area contributed by atoms with Crippen LogP contribution in [-0.4, -0.2) is 25.3 Å². The number of nitrogens with one attached hydrogen (secondary N) is 1. The highest BCUT2D eigenvalue weighted by molar-refractivity contribution is 5.06. The highest BCUT2D eigenvalue weighted by atomic mass is 16.5. The third-order valence-electron chi connectivity index (χ3n) is 3.05. The van der Waals surface area contributed by atoms with Crippen LogP contribution in [0.25, 0.3) is 0 Å². The van der Waals surface area contributed by atoms with Gasteiger partial charge in [0.25, 0.3) is 0 Å². The molecule has 82 valence electrons. The standard InChI is InChI=1S/C12H23NO/c1-5-11-10(7-8-14-11)12(9(3)4)13-6-2/h10-13H,3,5-8H2,1-2,4H3. The molecule has 0 aromatic carbocycles. The Morgan fingerprint density at radius 1 is 1.57 bits per heavy atom. The number of hydrogen-bond donors (Lipinski definition) is 1. The molecule has 0 amide bonds. The second-order valence-electron chi connectivity index (χ2n) is 4.15. The Bertz CT molecular complexity index is 191. The molecule has 1 heterocycles. The van der Waals surface area contributed by atoms with Crippen LogP contribution in [0.15, 0.2) is 12.2 Å². The smallest absolute Gasteiger partial charge is 0.0619 e. The van der Waals surface area contributed by atoms with Crippen LogP contribution < -0.4 is 5.32 Å². The van der Waals surface area contributed by atoms with E-state index in [0.717, 1.165) is 19.6 Å². The van der Waals surface area contributed by atoms with Gasteiger partial charge in [-0.25, -0.2) is 0 Å². The predicted octanol–water partition coefficient (Wildman–Crippen LogP) is 2.36. The van der Waals surface area contributed by atoms with Gasteiger partial charge < -0.3 is 10.1 Å². The van der Waals surface area contributed by atoms with Gasteiger partial charge in [-0.3, -0.25) is 0 Å². The molecule has 2 heteroatoms. The lowest BCUT2D eigenvalue weighted by atomic mass is 9.87. The number of likely N-dealkylation sites (N-methyl/N-ethyl adjacent to an activating group) is 1. The first-order chi connectivity index (χ1) is 6.70. The van der Waals surface area contributed by atoms with Crippen LogP contribution >= 0.6 is 0 Å². The van der Waals surface area contributed by atoms with Crippen LogP contribution in [0.5, 0.6) is 0 Å². The summed E-state index contributed by atoms with van der Waals surface area (Å²) in [6, 6.07) is 0.437. The largest absolute Gasteiger partial charge is 0.378 e. The Morgan fingerprint density at radius 2 is 2.29 bits per heavy atom. The molecule has 1 fully saturated rings. The van der Waals surface area contributed by atoms with Gasteiger partial charge in [-0.15, -0.1) is 0 Å². The van der Waals surface area contributed by atoms with Gasteiger partial charge >= 0.3 is 0 Å². The Morgan fingerprint density at radius 3 is 2.79 bits per heavy atom. The van der Waals surface area contributed by atoms with Crippen LogP contribution in [0.3, 0.4) is 0 Å². The second-order valence-corrected chi connectivity index (χ2v) is 4.15. The molecule has 1 rings (SSSR count). The first-order valence-corrected chi connectivity index (χ1v) is 5.71. The lowest BCUT2D eigenvalue weighted by molar-refractivity contribution is 0.0810. The van der Waals surface area contributed by atoms with Crippen molar-refractivity contribution in [2.24, 2.45) is 5.92 Å². The Hall–Kier alpha value is -0.340. The minimum absolute atomic E-state index is 0.427. The third kappa shape index (κ3) is 2.58. The quantitative estimate of drug-likeness (QED) is 0.683. The normalized spacial score (nSPS) is 29.1. The second kappa shape index (κ2) is 5.52. The van der Waals surface area contributed by atoms with Gasteiger partial charge in [0.1, 0.15) is 0 Å². The highest BCUT2D eigenvalue weighted by Gasteiger charge is 2.33. The van der Waals surface area contributed by atoms with E-state index in [2.05, 4.69) is 32.7 Å². The van der Waals surface area contributed by atoms with Crippen LogP contribution in [0.1, 0.15) is 33.6 Å². The summed E-state index contributed by atoms with van der Waals surface area (Å²) in [7, 11) is 0. The van der Waals surface area contributed by atoms with E-state index in [9.17, 15) is 0 Å². The van der Waals surface area contributed by atoms with Crippen molar-refractivity contribution < 1.29 is 4.74 Å². The van der Waals surface area contributed by atoms with Gasteiger partial charge in [-0.1, -0.05) is 26.0 Å². The Balaban J connectivity index is 2.61. The fourth-order valence-electron chi connectivity index (χ4n) is 2.38. The van der Waals surface area contributed by atoms with E-state index >= 15 is 0 Å². The lowest BCUT2D eigenvalue weighted by Crippen LogP contribution is -2.40. The van der Waals surface area contributed by atoms with Crippen molar-refractivity contribution in [2.75, 3.05) is 13.2 Å². The fraction of sp³-hybridized carbons (Fsp3) is 0.833. The Kier molecular flexibility index (Phi) is 4.63. The summed E-state index contributed by atoms with van der Waals surface area (Å²) in [4.78, 5) is 0. The van der Waals surface area contributed by atoms with Gasteiger partial charge in [0.2, 0.25) is 0 Å². The first-order valence-electron chi connectivity index (χ1n) is 5.71. The SMILES string of the molecule is C=C(C)C(NCC)C1CCOC1CC. The summed E-state index contributed by atoms with van der Waals surface area (Å²) >= 11 is 0.